The molecule has 0 atom stereocenters. The highest BCUT2D eigenvalue weighted by Gasteiger charge is 2.09. The quantitative estimate of drug-likeness (QED) is 0.718. The smallest absolute Gasteiger partial charge is 0.156 e. The van der Waals surface area contributed by atoms with Crippen molar-refractivity contribution in [3.63, 3.8) is 0 Å². The third-order valence-corrected chi connectivity index (χ3v) is 3.65. The molecular formula is C16H16Cl3NO2. The molecular weight excluding hydrogens is 345 g/mol. The van der Waals surface area contributed by atoms with Gasteiger partial charge in [-0.25, -0.2) is 0 Å². The lowest BCUT2D eigenvalue weighted by Crippen LogP contribution is -2.10. The van der Waals surface area contributed by atoms with Crippen LogP contribution in [0.3, 0.4) is 0 Å². The molecule has 118 valence electrons. The van der Waals surface area contributed by atoms with E-state index < -0.39 is 0 Å². The lowest BCUT2D eigenvalue weighted by molar-refractivity contribution is 0.217. The Morgan fingerprint density at radius 3 is 2.09 bits per heavy atom. The summed E-state index contributed by atoms with van der Waals surface area (Å²) in [6, 6.07) is 11.1. The molecule has 2 aromatic carbocycles. The van der Waals surface area contributed by atoms with Gasteiger partial charge < -0.3 is 14.8 Å². The zero-order valence-electron chi connectivity index (χ0n) is 12.0. The van der Waals surface area contributed by atoms with E-state index in [1.54, 1.807) is 12.1 Å². The van der Waals surface area contributed by atoms with Crippen molar-refractivity contribution in [1.82, 2.24) is 5.32 Å². The zero-order chi connectivity index (χ0) is 15.9. The first-order valence-corrected chi connectivity index (χ1v) is 7.87. The van der Waals surface area contributed by atoms with Crippen LogP contribution in [0, 0.1) is 0 Å². The molecule has 0 radical (unpaired) electrons. The predicted octanol–water partition coefficient (Wildman–Crippen LogP) is 4.82. The number of hydrogen-bond acceptors (Lipinski definition) is 3. The van der Waals surface area contributed by atoms with Crippen molar-refractivity contribution in [2.75, 3.05) is 20.3 Å². The molecule has 22 heavy (non-hydrogen) atoms. The highest BCUT2D eigenvalue weighted by Crippen LogP contribution is 2.35. The van der Waals surface area contributed by atoms with Crippen LogP contribution in [0.15, 0.2) is 36.4 Å². The van der Waals surface area contributed by atoms with Crippen molar-refractivity contribution in [3.8, 4) is 11.5 Å². The minimum absolute atomic E-state index is 0.333. The second kappa shape index (κ2) is 8.49. The molecule has 0 unspecified atom stereocenters. The number of ether oxygens (including phenoxy) is 2. The summed E-state index contributed by atoms with van der Waals surface area (Å²) in [4.78, 5) is 0. The van der Waals surface area contributed by atoms with Crippen LogP contribution in [0.5, 0.6) is 11.5 Å². The summed E-state index contributed by atoms with van der Waals surface area (Å²) in [6.45, 7) is 1.55. The van der Waals surface area contributed by atoms with Crippen LogP contribution in [0.1, 0.15) is 5.56 Å². The molecule has 0 fully saturated rings. The van der Waals surface area contributed by atoms with Gasteiger partial charge in [0.05, 0.1) is 10.0 Å². The predicted molar refractivity (Wildman–Crippen MR) is 91.7 cm³/mol. The number of hydrogen-bond donors (Lipinski definition) is 1. The molecule has 2 rings (SSSR count). The van der Waals surface area contributed by atoms with E-state index in [9.17, 15) is 0 Å². The summed E-state index contributed by atoms with van der Waals surface area (Å²) in [7, 11) is 1.91. The van der Waals surface area contributed by atoms with Crippen LogP contribution in [0.2, 0.25) is 15.1 Å². The standard InChI is InChI=1S/C16H16Cl3NO2/c1-20-10-11-2-4-13(5-3-11)21-6-7-22-16-14(18)8-12(17)9-15(16)19/h2-5,8-9,20H,6-7,10H2,1H3. The fourth-order valence-electron chi connectivity index (χ4n) is 1.88. The fourth-order valence-corrected chi connectivity index (χ4v) is 2.80. The van der Waals surface area contributed by atoms with Crippen LogP contribution < -0.4 is 14.8 Å². The summed E-state index contributed by atoms with van der Waals surface area (Å²) in [5.41, 5.74) is 1.20. The maximum atomic E-state index is 6.04. The van der Waals surface area contributed by atoms with Gasteiger partial charge >= 0.3 is 0 Å². The Kier molecular flexibility index (Phi) is 6.65. The second-order valence-corrected chi connectivity index (χ2v) is 5.82. The van der Waals surface area contributed by atoms with Crippen molar-refractivity contribution in [2.45, 2.75) is 6.54 Å². The lowest BCUT2D eigenvalue weighted by Gasteiger charge is -2.11. The van der Waals surface area contributed by atoms with E-state index in [1.807, 2.05) is 31.3 Å². The van der Waals surface area contributed by atoms with Crippen molar-refractivity contribution in [3.05, 3.63) is 57.0 Å². The summed E-state index contributed by atoms with van der Waals surface area (Å²) in [5.74, 6) is 1.21. The van der Waals surface area contributed by atoms with E-state index in [2.05, 4.69) is 5.32 Å². The van der Waals surface area contributed by atoms with Gasteiger partial charge in [-0.1, -0.05) is 46.9 Å². The first-order valence-electron chi connectivity index (χ1n) is 6.74. The van der Waals surface area contributed by atoms with Gasteiger partial charge in [-0.05, 0) is 36.9 Å². The average Bonchev–Trinajstić information content (AvgIpc) is 2.47. The van der Waals surface area contributed by atoms with Gasteiger partial charge in [0.15, 0.2) is 5.75 Å². The van der Waals surface area contributed by atoms with Crippen LogP contribution in [0.25, 0.3) is 0 Å². The van der Waals surface area contributed by atoms with E-state index in [1.165, 1.54) is 5.56 Å². The molecule has 0 aromatic heterocycles. The molecule has 0 saturated carbocycles. The molecule has 6 heteroatoms. The van der Waals surface area contributed by atoms with E-state index in [0.717, 1.165) is 12.3 Å². The second-order valence-electron chi connectivity index (χ2n) is 4.57. The van der Waals surface area contributed by atoms with E-state index in [0.29, 0.717) is 34.0 Å². The molecule has 0 aliphatic rings. The number of halogens is 3. The molecule has 3 nitrogen and oxygen atoms in total. The third kappa shape index (κ3) is 4.96. The van der Waals surface area contributed by atoms with Crippen molar-refractivity contribution < 1.29 is 9.47 Å². The summed E-state index contributed by atoms with van der Waals surface area (Å²) >= 11 is 17.9. The van der Waals surface area contributed by atoms with Gasteiger partial charge in [-0.3, -0.25) is 0 Å². The SMILES string of the molecule is CNCc1ccc(OCCOc2c(Cl)cc(Cl)cc2Cl)cc1. The maximum absolute atomic E-state index is 6.04. The molecule has 0 heterocycles. The minimum atomic E-state index is 0.333. The highest BCUT2D eigenvalue weighted by atomic mass is 35.5. The number of rotatable bonds is 7. The largest absolute Gasteiger partial charge is 0.490 e. The van der Waals surface area contributed by atoms with E-state index in [4.69, 9.17) is 44.3 Å². The fraction of sp³-hybridized carbons (Fsp3) is 0.250. The lowest BCUT2D eigenvalue weighted by atomic mass is 10.2. The summed E-state index contributed by atoms with van der Waals surface area (Å²) in [6.07, 6.45) is 0. The molecule has 0 bridgehead atoms. The van der Waals surface area contributed by atoms with Gasteiger partial charge in [-0.2, -0.15) is 0 Å². The van der Waals surface area contributed by atoms with Gasteiger partial charge in [0.2, 0.25) is 0 Å². The van der Waals surface area contributed by atoms with E-state index in [-0.39, 0.29) is 0 Å². The van der Waals surface area contributed by atoms with Crippen molar-refractivity contribution >= 4 is 34.8 Å². The van der Waals surface area contributed by atoms with Gasteiger partial charge in [0.25, 0.3) is 0 Å². The van der Waals surface area contributed by atoms with Crippen LogP contribution >= 0.6 is 34.8 Å². The maximum Gasteiger partial charge on any atom is 0.156 e. The molecule has 0 aliphatic carbocycles. The Morgan fingerprint density at radius 1 is 0.909 bits per heavy atom. The Balaban J connectivity index is 1.82. The molecule has 0 amide bonds. The van der Waals surface area contributed by atoms with Gasteiger partial charge in [-0.15, -0.1) is 0 Å². The van der Waals surface area contributed by atoms with Crippen molar-refractivity contribution in [2.24, 2.45) is 0 Å². The molecule has 1 N–H and O–H groups in total. The van der Waals surface area contributed by atoms with Crippen molar-refractivity contribution in [1.29, 1.82) is 0 Å². The Bertz CT molecular complexity index is 594. The zero-order valence-corrected chi connectivity index (χ0v) is 14.3. The Hall–Kier alpha value is -1.13. The monoisotopic (exact) mass is 359 g/mol. The average molecular weight is 361 g/mol. The number of nitrogens with one attached hydrogen (secondary N) is 1. The van der Waals surface area contributed by atoms with Crippen LogP contribution in [-0.4, -0.2) is 20.3 Å². The number of benzene rings is 2. The Morgan fingerprint density at radius 2 is 1.50 bits per heavy atom. The first-order chi connectivity index (χ1) is 10.6. The van der Waals surface area contributed by atoms with Crippen LogP contribution in [0.4, 0.5) is 0 Å². The van der Waals surface area contributed by atoms with Gasteiger partial charge in [0.1, 0.15) is 19.0 Å². The first kappa shape index (κ1) is 17.2. The Labute approximate surface area is 145 Å². The minimum Gasteiger partial charge on any atom is -0.490 e. The highest BCUT2D eigenvalue weighted by molar-refractivity contribution is 6.40. The van der Waals surface area contributed by atoms with E-state index >= 15 is 0 Å². The van der Waals surface area contributed by atoms with Gasteiger partial charge in [0, 0.05) is 11.6 Å². The third-order valence-electron chi connectivity index (χ3n) is 2.87. The summed E-state index contributed by atoms with van der Waals surface area (Å²) < 4.78 is 11.2. The molecule has 2 aromatic rings. The van der Waals surface area contributed by atoms with Crippen LogP contribution in [-0.2, 0) is 6.54 Å². The molecule has 0 spiro atoms. The normalized spacial score (nSPS) is 10.5. The molecule has 0 saturated heterocycles. The molecule has 0 aliphatic heterocycles. The summed E-state index contributed by atoms with van der Waals surface area (Å²) in [5, 5.41) is 4.33. The topological polar surface area (TPSA) is 30.5 Å².